The average Bonchev–Trinajstić information content (AvgIpc) is 2.57. The number of carbonyl (C=O) groups is 1. The summed E-state index contributed by atoms with van der Waals surface area (Å²) in [5.41, 5.74) is 6.21. The van der Waals surface area contributed by atoms with Crippen LogP contribution in [-0.4, -0.2) is 11.7 Å². The first-order valence-corrected chi connectivity index (χ1v) is 6.78. The molecule has 1 atom stereocenters. The van der Waals surface area contributed by atoms with Gasteiger partial charge in [0.25, 0.3) is 0 Å². The smallest absolute Gasteiger partial charge is 0.317 e. The summed E-state index contributed by atoms with van der Waals surface area (Å²) in [4.78, 5) is 12.1. The topological polar surface area (TPSA) is 44.4 Å². The average molecular weight is 261 g/mol. The number of rotatable bonds is 3. The van der Waals surface area contributed by atoms with Gasteiger partial charge in [0.05, 0.1) is 5.69 Å². The van der Waals surface area contributed by atoms with Gasteiger partial charge in [0.2, 0.25) is 0 Å². The van der Waals surface area contributed by atoms with Crippen molar-refractivity contribution in [2.45, 2.75) is 46.7 Å². The van der Waals surface area contributed by atoms with E-state index in [-0.39, 0.29) is 11.7 Å². The highest BCUT2D eigenvalue weighted by molar-refractivity contribution is 5.93. The SMILES string of the molecule is Cc1ccc(N2NC(C)(CC(C)C)NC2=O)cc1C. The summed E-state index contributed by atoms with van der Waals surface area (Å²) in [5, 5.41) is 4.63. The van der Waals surface area contributed by atoms with Gasteiger partial charge in [0, 0.05) is 0 Å². The third-order valence-corrected chi connectivity index (χ3v) is 3.51. The lowest BCUT2D eigenvalue weighted by atomic mass is 10.0. The molecule has 4 heteroatoms. The van der Waals surface area contributed by atoms with E-state index in [1.807, 2.05) is 25.1 Å². The van der Waals surface area contributed by atoms with E-state index in [1.54, 1.807) is 5.01 Å². The Bertz CT molecular complexity index is 498. The fraction of sp³-hybridized carbons (Fsp3) is 0.533. The summed E-state index contributed by atoms with van der Waals surface area (Å²) in [7, 11) is 0. The minimum absolute atomic E-state index is 0.0913. The lowest BCUT2D eigenvalue weighted by molar-refractivity contribution is 0.243. The molecule has 0 saturated carbocycles. The molecule has 0 bridgehead atoms. The van der Waals surface area contributed by atoms with Crippen molar-refractivity contribution in [3.63, 3.8) is 0 Å². The molecule has 2 N–H and O–H groups in total. The molecular weight excluding hydrogens is 238 g/mol. The Balaban J connectivity index is 2.22. The highest BCUT2D eigenvalue weighted by Gasteiger charge is 2.39. The van der Waals surface area contributed by atoms with Crippen LogP contribution in [0.25, 0.3) is 0 Å². The molecule has 4 nitrogen and oxygen atoms in total. The molecule has 1 unspecified atom stereocenters. The third-order valence-electron chi connectivity index (χ3n) is 3.51. The monoisotopic (exact) mass is 261 g/mol. The van der Waals surface area contributed by atoms with Crippen molar-refractivity contribution in [2.24, 2.45) is 5.92 Å². The zero-order valence-electron chi connectivity index (χ0n) is 12.4. The lowest BCUT2D eigenvalue weighted by Crippen LogP contribution is -2.49. The van der Waals surface area contributed by atoms with Crippen molar-refractivity contribution in [3.8, 4) is 0 Å². The van der Waals surface area contributed by atoms with Gasteiger partial charge in [-0.3, -0.25) is 0 Å². The van der Waals surface area contributed by atoms with Crippen LogP contribution in [-0.2, 0) is 0 Å². The van der Waals surface area contributed by atoms with E-state index in [1.165, 1.54) is 11.1 Å². The maximum Gasteiger partial charge on any atom is 0.338 e. The van der Waals surface area contributed by atoms with Crippen LogP contribution in [0, 0.1) is 19.8 Å². The molecule has 104 valence electrons. The van der Waals surface area contributed by atoms with Crippen molar-refractivity contribution in [1.82, 2.24) is 10.7 Å². The van der Waals surface area contributed by atoms with Gasteiger partial charge in [-0.05, 0) is 56.4 Å². The van der Waals surface area contributed by atoms with Crippen LogP contribution in [0.5, 0.6) is 0 Å². The van der Waals surface area contributed by atoms with Crippen LogP contribution in [0.15, 0.2) is 18.2 Å². The van der Waals surface area contributed by atoms with Crippen LogP contribution in [0.4, 0.5) is 10.5 Å². The van der Waals surface area contributed by atoms with Gasteiger partial charge in [-0.1, -0.05) is 19.9 Å². The number of hydrogen-bond acceptors (Lipinski definition) is 2. The van der Waals surface area contributed by atoms with Crippen LogP contribution in [0.1, 0.15) is 38.3 Å². The van der Waals surface area contributed by atoms with E-state index in [0.717, 1.165) is 12.1 Å². The highest BCUT2D eigenvalue weighted by atomic mass is 16.2. The molecule has 0 aliphatic carbocycles. The number of urea groups is 1. The number of carbonyl (C=O) groups excluding carboxylic acids is 1. The van der Waals surface area contributed by atoms with E-state index >= 15 is 0 Å². The number of nitrogens with zero attached hydrogens (tertiary/aromatic N) is 1. The first kappa shape index (κ1) is 13.9. The molecule has 2 amide bonds. The summed E-state index contributed by atoms with van der Waals surface area (Å²) in [6.45, 7) is 10.4. The number of amides is 2. The van der Waals surface area contributed by atoms with Gasteiger partial charge in [0.15, 0.2) is 0 Å². The summed E-state index contributed by atoms with van der Waals surface area (Å²) in [6, 6.07) is 5.95. The standard InChI is InChI=1S/C15H23N3O/c1-10(2)9-15(5)16-14(19)18(17-15)13-7-6-11(3)12(4)8-13/h6-8,10,17H,9H2,1-5H3,(H,16,19). The van der Waals surface area contributed by atoms with Gasteiger partial charge in [0.1, 0.15) is 5.66 Å². The Morgan fingerprint density at radius 2 is 1.95 bits per heavy atom. The molecule has 1 saturated heterocycles. The van der Waals surface area contributed by atoms with Crippen LogP contribution in [0.2, 0.25) is 0 Å². The van der Waals surface area contributed by atoms with E-state index in [9.17, 15) is 4.79 Å². The first-order chi connectivity index (χ1) is 8.81. The second-order valence-electron chi connectivity index (χ2n) is 6.08. The summed E-state index contributed by atoms with van der Waals surface area (Å²) in [6.07, 6.45) is 0.889. The maximum absolute atomic E-state index is 12.1. The number of hydrogen-bond donors (Lipinski definition) is 2. The molecule has 2 rings (SSSR count). The molecule has 0 radical (unpaired) electrons. The van der Waals surface area contributed by atoms with E-state index in [2.05, 4.69) is 38.4 Å². The largest absolute Gasteiger partial charge is 0.338 e. The second-order valence-corrected chi connectivity index (χ2v) is 6.08. The molecule has 19 heavy (non-hydrogen) atoms. The molecule has 0 spiro atoms. The molecule has 1 aliphatic rings. The lowest BCUT2D eigenvalue weighted by Gasteiger charge is -2.26. The zero-order chi connectivity index (χ0) is 14.2. The van der Waals surface area contributed by atoms with Crippen molar-refractivity contribution >= 4 is 11.7 Å². The molecular formula is C15H23N3O. The first-order valence-electron chi connectivity index (χ1n) is 6.78. The Kier molecular flexibility index (Phi) is 3.54. The van der Waals surface area contributed by atoms with Gasteiger partial charge in [-0.2, -0.15) is 0 Å². The van der Waals surface area contributed by atoms with E-state index < -0.39 is 0 Å². The molecule has 1 aromatic carbocycles. The quantitative estimate of drug-likeness (QED) is 0.878. The minimum Gasteiger partial charge on any atom is -0.317 e. The van der Waals surface area contributed by atoms with Crippen LogP contribution in [0.3, 0.4) is 0 Å². The van der Waals surface area contributed by atoms with E-state index in [0.29, 0.717) is 5.92 Å². The number of benzene rings is 1. The number of anilines is 1. The van der Waals surface area contributed by atoms with Crippen molar-refractivity contribution in [3.05, 3.63) is 29.3 Å². The van der Waals surface area contributed by atoms with E-state index in [4.69, 9.17) is 0 Å². The Hall–Kier alpha value is -1.55. The Morgan fingerprint density at radius 1 is 1.26 bits per heavy atom. The van der Waals surface area contributed by atoms with Crippen molar-refractivity contribution in [1.29, 1.82) is 0 Å². The van der Waals surface area contributed by atoms with Crippen molar-refractivity contribution in [2.75, 3.05) is 5.01 Å². The maximum atomic E-state index is 12.1. The van der Waals surface area contributed by atoms with Gasteiger partial charge in [-0.25, -0.2) is 15.2 Å². The van der Waals surface area contributed by atoms with Crippen LogP contribution < -0.4 is 15.8 Å². The molecule has 1 heterocycles. The minimum atomic E-state index is -0.371. The highest BCUT2D eigenvalue weighted by Crippen LogP contribution is 2.25. The predicted octanol–water partition coefficient (Wildman–Crippen LogP) is 3.10. The predicted molar refractivity (Wildman–Crippen MR) is 77.9 cm³/mol. The zero-order valence-corrected chi connectivity index (χ0v) is 12.4. The Labute approximate surface area is 115 Å². The fourth-order valence-corrected chi connectivity index (χ4v) is 2.58. The molecule has 1 fully saturated rings. The Morgan fingerprint density at radius 3 is 2.53 bits per heavy atom. The molecule has 1 aromatic rings. The van der Waals surface area contributed by atoms with Gasteiger partial charge >= 0.3 is 6.03 Å². The second kappa shape index (κ2) is 4.85. The van der Waals surface area contributed by atoms with Crippen LogP contribution >= 0.6 is 0 Å². The number of nitrogens with one attached hydrogen (secondary N) is 2. The summed E-state index contributed by atoms with van der Waals surface area (Å²) in [5.74, 6) is 0.512. The normalized spacial score (nSPS) is 23.1. The van der Waals surface area contributed by atoms with Crippen molar-refractivity contribution < 1.29 is 4.79 Å². The number of hydrazine groups is 1. The molecule has 0 aromatic heterocycles. The van der Waals surface area contributed by atoms with Gasteiger partial charge in [-0.15, -0.1) is 0 Å². The summed E-state index contributed by atoms with van der Waals surface area (Å²) < 4.78 is 0. The molecule has 1 aliphatic heterocycles. The summed E-state index contributed by atoms with van der Waals surface area (Å²) >= 11 is 0. The third kappa shape index (κ3) is 2.89. The number of aryl methyl sites for hydroxylation is 2. The van der Waals surface area contributed by atoms with Gasteiger partial charge < -0.3 is 5.32 Å². The fourth-order valence-electron chi connectivity index (χ4n) is 2.58.